The van der Waals surface area contributed by atoms with E-state index in [9.17, 15) is 0 Å². The summed E-state index contributed by atoms with van der Waals surface area (Å²) in [6.07, 6.45) is 3.30. The molecule has 0 unspecified atom stereocenters. The molecule has 0 atom stereocenters. The third-order valence-corrected chi connectivity index (χ3v) is 4.17. The fourth-order valence-corrected chi connectivity index (χ4v) is 3.02. The second-order valence-corrected chi connectivity index (χ2v) is 5.35. The van der Waals surface area contributed by atoms with Gasteiger partial charge in [-0.3, -0.25) is 0 Å². The van der Waals surface area contributed by atoms with E-state index in [4.69, 9.17) is 4.65 Å². The summed E-state index contributed by atoms with van der Waals surface area (Å²) in [5.74, 6) is 1.14. The van der Waals surface area contributed by atoms with E-state index in [1.54, 1.807) is 0 Å². The molecule has 1 fully saturated rings. The lowest BCUT2D eigenvalue weighted by Gasteiger charge is -2.12. The molecule has 2 aliphatic heterocycles. The van der Waals surface area contributed by atoms with Gasteiger partial charge in [0.15, 0.2) is 12.8 Å². The van der Waals surface area contributed by atoms with Gasteiger partial charge in [0.05, 0.1) is 11.3 Å². The number of hydrogen-bond donors (Lipinski definition) is 0. The van der Waals surface area contributed by atoms with Gasteiger partial charge in [-0.05, 0) is 24.5 Å². The van der Waals surface area contributed by atoms with Gasteiger partial charge < -0.3 is 4.65 Å². The topological polar surface area (TPSA) is 13.1 Å². The van der Waals surface area contributed by atoms with Crippen molar-refractivity contribution in [2.45, 2.75) is 13.1 Å². The van der Waals surface area contributed by atoms with Gasteiger partial charge in [-0.25, -0.2) is 4.57 Å². The monoisotopic (exact) mass is 234 g/mol. The van der Waals surface area contributed by atoms with Gasteiger partial charge in [0.1, 0.15) is 7.05 Å². The van der Waals surface area contributed by atoms with E-state index in [-0.39, 0.29) is 0 Å². The van der Waals surface area contributed by atoms with Crippen molar-refractivity contribution in [3.8, 4) is 17.0 Å². The number of aryl methyl sites for hydroxylation is 1. The molecule has 18 heavy (non-hydrogen) atoms. The summed E-state index contributed by atoms with van der Waals surface area (Å²) in [6, 6.07) is 10.8. The first-order chi connectivity index (χ1) is 8.75. The summed E-state index contributed by atoms with van der Waals surface area (Å²) >= 11 is 0. The lowest BCUT2D eigenvalue weighted by molar-refractivity contribution is -0.660. The highest BCUT2D eigenvalue weighted by atomic mass is 16.4. The molecule has 0 amide bonds. The van der Waals surface area contributed by atoms with Gasteiger partial charge in [-0.15, -0.1) is 0 Å². The fraction of sp³-hybridized carbons (Fsp3) is 0.214. The molecule has 3 heterocycles. The van der Waals surface area contributed by atoms with Crippen LogP contribution in [0.3, 0.4) is 0 Å². The first-order valence-corrected chi connectivity index (χ1v) is 6.51. The summed E-state index contributed by atoms with van der Waals surface area (Å²) in [6.45, 7) is 3.32. The van der Waals surface area contributed by atoms with Gasteiger partial charge >= 0.3 is 6.81 Å². The third-order valence-electron chi connectivity index (χ3n) is 4.17. The fourth-order valence-electron chi connectivity index (χ4n) is 3.02. The van der Waals surface area contributed by atoms with E-state index in [0.717, 1.165) is 5.75 Å². The highest BCUT2D eigenvalue weighted by Gasteiger charge is 2.56. The molecule has 0 saturated carbocycles. The zero-order chi connectivity index (χ0) is 12.3. The first-order valence-electron chi connectivity index (χ1n) is 6.51. The molecule has 0 radical (unpaired) electrons. The Morgan fingerprint density at radius 2 is 2.11 bits per heavy atom. The molecule has 2 aliphatic rings. The Hall–Kier alpha value is -1.70. The lowest BCUT2D eigenvalue weighted by atomic mass is 9.47. The van der Waals surface area contributed by atoms with Crippen molar-refractivity contribution in [3.05, 3.63) is 42.1 Å². The largest absolute Gasteiger partial charge is 0.569 e. The molecular weight excluding hydrogens is 220 g/mol. The molecule has 2 aromatic rings. The number of pyridine rings is 1. The molecule has 4 heteroatoms. The van der Waals surface area contributed by atoms with Crippen LogP contribution in [-0.2, 0) is 7.05 Å². The normalized spacial score (nSPS) is 15.2. The van der Waals surface area contributed by atoms with Crippen LogP contribution in [0.5, 0.6) is 5.75 Å². The van der Waals surface area contributed by atoms with Crippen molar-refractivity contribution in [1.82, 2.24) is 0 Å². The SMILES string of the molecule is Cc1c(-c2cccc[n+]2C)ccc2c1OB1CB12. The van der Waals surface area contributed by atoms with Gasteiger partial charge in [-0.1, -0.05) is 12.3 Å². The maximum absolute atomic E-state index is 6.00. The van der Waals surface area contributed by atoms with Crippen molar-refractivity contribution in [3.63, 3.8) is 0 Å². The first kappa shape index (κ1) is 10.2. The summed E-state index contributed by atoms with van der Waals surface area (Å²) in [7, 11) is 2.08. The van der Waals surface area contributed by atoms with Gasteiger partial charge in [0.2, 0.25) is 5.69 Å². The smallest absolute Gasteiger partial charge is 0.314 e. The van der Waals surface area contributed by atoms with E-state index in [2.05, 4.69) is 55.1 Å². The van der Waals surface area contributed by atoms with Crippen molar-refractivity contribution in [2.24, 2.45) is 7.05 Å². The molecule has 1 aromatic heterocycles. The highest BCUT2D eigenvalue weighted by molar-refractivity contribution is 7.44. The van der Waals surface area contributed by atoms with Crippen LogP contribution in [0.15, 0.2) is 36.5 Å². The van der Waals surface area contributed by atoms with E-state index in [1.807, 2.05) is 0 Å². The van der Waals surface area contributed by atoms with Crippen LogP contribution in [-0.4, -0.2) is 13.4 Å². The second kappa shape index (κ2) is 3.41. The Morgan fingerprint density at radius 3 is 2.94 bits per heavy atom. The van der Waals surface area contributed by atoms with Crippen LogP contribution < -0.4 is 14.7 Å². The molecule has 4 rings (SSSR count). The van der Waals surface area contributed by atoms with E-state index < -0.39 is 0 Å². The quantitative estimate of drug-likeness (QED) is 0.533. The van der Waals surface area contributed by atoms with Crippen molar-refractivity contribution in [2.75, 3.05) is 0 Å². The second-order valence-electron chi connectivity index (χ2n) is 5.35. The van der Waals surface area contributed by atoms with Crippen molar-refractivity contribution >= 4 is 18.9 Å². The average Bonchev–Trinajstić information content (AvgIpc) is 3.05. The molecule has 2 nitrogen and oxygen atoms in total. The minimum atomic E-state index is 0.471. The summed E-state index contributed by atoms with van der Waals surface area (Å²) in [4.78, 5) is 0. The van der Waals surface area contributed by atoms with Crippen molar-refractivity contribution < 1.29 is 9.22 Å². The Labute approximate surface area is 108 Å². The number of fused-ring (bicyclic) bond motifs is 3. The number of rotatable bonds is 1. The molecule has 0 spiro atoms. The Balaban J connectivity index is 1.91. The number of hydrogen-bond acceptors (Lipinski definition) is 1. The molecule has 0 aliphatic carbocycles. The van der Waals surface area contributed by atoms with E-state index in [1.165, 1.54) is 28.5 Å². The Bertz CT molecular complexity index is 656. The zero-order valence-electron chi connectivity index (χ0n) is 10.7. The van der Waals surface area contributed by atoms with Crippen LogP contribution >= 0.6 is 0 Å². The van der Waals surface area contributed by atoms with Gasteiger partial charge in [-0.2, -0.15) is 0 Å². The Morgan fingerprint density at radius 1 is 1.22 bits per heavy atom. The minimum Gasteiger partial charge on any atom is -0.569 e. The summed E-state index contributed by atoms with van der Waals surface area (Å²) in [5.41, 5.74) is 5.21. The summed E-state index contributed by atoms with van der Waals surface area (Å²) < 4.78 is 8.16. The van der Waals surface area contributed by atoms with Crippen LogP contribution in [0.25, 0.3) is 11.3 Å². The van der Waals surface area contributed by atoms with E-state index in [0.29, 0.717) is 13.4 Å². The third kappa shape index (κ3) is 1.29. The average molecular weight is 234 g/mol. The minimum absolute atomic E-state index is 0.471. The zero-order valence-corrected chi connectivity index (χ0v) is 10.7. The van der Waals surface area contributed by atoms with Crippen LogP contribution in [0.2, 0.25) is 6.22 Å². The maximum Gasteiger partial charge on any atom is 0.314 e. The standard InChI is InChI=1S/C14H14B2NO/c1-10-11(13-5-3-4-8-17(13)2)6-7-12-14(10)18-16-9-15(12)16/h3-8H,9H2,1-2H3/q+1. The highest BCUT2D eigenvalue weighted by Crippen LogP contribution is 2.37. The predicted molar refractivity (Wildman–Crippen MR) is 74.4 cm³/mol. The maximum atomic E-state index is 6.00. The number of aromatic nitrogens is 1. The van der Waals surface area contributed by atoms with Crippen molar-refractivity contribution in [1.29, 1.82) is 0 Å². The molecular formula is C14H14B2NO+. The number of nitrogens with zero attached hydrogens (tertiary/aromatic N) is 1. The lowest BCUT2D eigenvalue weighted by Crippen LogP contribution is -2.30. The molecule has 0 N–H and O–H groups in total. The molecule has 0 bridgehead atoms. The molecule has 1 saturated heterocycles. The molecule has 1 aromatic carbocycles. The predicted octanol–water partition coefficient (Wildman–Crippen LogP) is 1.20. The van der Waals surface area contributed by atoms with Crippen LogP contribution in [0.4, 0.5) is 0 Å². The van der Waals surface area contributed by atoms with E-state index >= 15 is 0 Å². The van der Waals surface area contributed by atoms with Gasteiger partial charge in [0, 0.05) is 17.7 Å². The summed E-state index contributed by atoms with van der Waals surface area (Å²) in [5, 5.41) is 0. The molecule has 86 valence electrons. The van der Waals surface area contributed by atoms with Crippen LogP contribution in [0, 0.1) is 6.92 Å². The van der Waals surface area contributed by atoms with Crippen LogP contribution in [0.1, 0.15) is 5.56 Å². The Kier molecular flexibility index (Phi) is 1.94. The number of benzene rings is 1. The van der Waals surface area contributed by atoms with Gasteiger partial charge in [0.25, 0.3) is 0 Å².